The summed E-state index contributed by atoms with van der Waals surface area (Å²) < 4.78 is 0. The smallest absolute Gasteiger partial charge is 0.133 e. The summed E-state index contributed by atoms with van der Waals surface area (Å²) in [6, 6.07) is 0. The molecular formula is C15H26O. The van der Waals surface area contributed by atoms with E-state index in [1.165, 1.54) is 44.9 Å². The van der Waals surface area contributed by atoms with Crippen LogP contribution < -0.4 is 0 Å². The Bertz CT molecular complexity index is 226. The number of carbonyl (C=O) groups is 1. The Morgan fingerprint density at radius 2 is 1.75 bits per heavy atom. The van der Waals surface area contributed by atoms with Gasteiger partial charge in [0.05, 0.1) is 0 Å². The molecule has 2 fully saturated rings. The van der Waals surface area contributed by atoms with Gasteiger partial charge in [0.2, 0.25) is 0 Å². The third kappa shape index (κ3) is 3.09. The van der Waals surface area contributed by atoms with Crippen molar-refractivity contribution in [1.29, 1.82) is 0 Å². The van der Waals surface area contributed by atoms with Crippen LogP contribution in [0, 0.1) is 17.8 Å². The van der Waals surface area contributed by atoms with Crippen molar-refractivity contribution >= 4 is 5.78 Å². The van der Waals surface area contributed by atoms with Crippen molar-refractivity contribution in [3.63, 3.8) is 0 Å². The zero-order valence-corrected chi connectivity index (χ0v) is 10.7. The van der Waals surface area contributed by atoms with Gasteiger partial charge in [-0.3, -0.25) is 4.79 Å². The molecule has 0 N–H and O–H groups in total. The molecule has 16 heavy (non-hydrogen) atoms. The predicted octanol–water partition coefficient (Wildman–Crippen LogP) is 4.35. The predicted molar refractivity (Wildman–Crippen MR) is 67.3 cm³/mol. The minimum absolute atomic E-state index is 0.542. The lowest BCUT2D eigenvalue weighted by molar-refractivity contribution is -0.120. The first kappa shape index (κ1) is 12.1. The summed E-state index contributed by atoms with van der Waals surface area (Å²) in [6.45, 7) is 2.32. The van der Waals surface area contributed by atoms with Crippen LogP contribution in [-0.4, -0.2) is 5.78 Å². The number of rotatable bonds is 2. The number of carbonyl (C=O) groups excluding carboxylic acids is 1. The maximum absolute atomic E-state index is 11.7. The van der Waals surface area contributed by atoms with E-state index < -0.39 is 0 Å². The molecule has 2 aliphatic carbocycles. The zero-order chi connectivity index (χ0) is 11.4. The van der Waals surface area contributed by atoms with E-state index in [2.05, 4.69) is 6.92 Å². The standard InChI is InChI=1S/C15H26O/c1-2-12-7-9-13(10-8-12)14-5-3-4-6-15(16)11-14/h12-14H,2-11H2,1H3. The average molecular weight is 222 g/mol. The van der Waals surface area contributed by atoms with E-state index in [9.17, 15) is 4.79 Å². The van der Waals surface area contributed by atoms with Gasteiger partial charge in [-0.15, -0.1) is 0 Å². The van der Waals surface area contributed by atoms with Gasteiger partial charge in [0.25, 0.3) is 0 Å². The van der Waals surface area contributed by atoms with Crippen LogP contribution in [-0.2, 0) is 4.79 Å². The van der Waals surface area contributed by atoms with Crippen LogP contribution in [0.15, 0.2) is 0 Å². The number of ketones is 1. The molecule has 92 valence electrons. The van der Waals surface area contributed by atoms with E-state index >= 15 is 0 Å². The van der Waals surface area contributed by atoms with Gasteiger partial charge in [-0.2, -0.15) is 0 Å². The number of hydrogen-bond acceptors (Lipinski definition) is 1. The molecule has 0 spiro atoms. The molecule has 1 heteroatoms. The molecule has 0 aromatic rings. The lowest BCUT2D eigenvalue weighted by atomic mass is 9.73. The minimum Gasteiger partial charge on any atom is -0.300 e. The highest BCUT2D eigenvalue weighted by Gasteiger charge is 2.29. The van der Waals surface area contributed by atoms with Crippen molar-refractivity contribution < 1.29 is 4.79 Å². The largest absolute Gasteiger partial charge is 0.300 e. The molecule has 2 saturated carbocycles. The molecular weight excluding hydrogens is 196 g/mol. The molecule has 0 aromatic carbocycles. The van der Waals surface area contributed by atoms with Gasteiger partial charge in [0, 0.05) is 12.8 Å². The van der Waals surface area contributed by atoms with Gasteiger partial charge in [0.15, 0.2) is 0 Å². The summed E-state index contributed by atoms with van der Waals surface area (Å²) in [5, 5.41) is 0. The molecule has 2 aliphatic rings. The Kier molecular flexibility index (Phi) is 4.43. The van der Waals surface area contributed by atoms with Crippen LogP contribution >= 0.6 is 0 Å². The SMILES string of the molecule is CCC1CCC(C2CCCCC(=O)C2)CC1. The van der Waals surface area contributed by atoms with E-state index in [0.29, 0.717) is 5.78 Å². The van der Waals surface area contributed by atoms with Gasteiger partial charge in [0.1, 0.15) is 5.78 Å². The van der Waals surface area contributed by atoms with Crippen LogP contribution in [0.2, 0.25) is 0 Å². The summed E-state index contributed by atoms with van der Waals surface area (Å²) in [7, 11) is 0. The van der Waals surface area contributed by atoms with Crippen molar-refractivity contribution in [1.82, 2.24) is 0 Å². The Hall–Kier alpha value is -0.330. The monoisotopic (exact) mass is 222 g/mol. The fourth-order valence-electron chi connectivity index (χ4n) is 3.70. The van der Waals surface area contributed by atoms with Crippen LogP contribution in [0.5, 0.6) is 0 Å². The third-order valence-corrected chi connectivity index (χ3v) is 4.91. The number of hydrogen-bond donors (Lipinski definition) is 0. The van der Waals surface area contributed by atoms with Crippen molar-refractivity contribution in [2.75, 3.05) is 0 Å². The van der Waals surface area contributed by atoms with Gasteiger partial charge >= 0.3 is 0 Å². The van der Waals surface area contributed by atoms with E-state index in [0.717, 1.165) is 37.0 Å². The lowest BCUT2D eigenvalue weighted by Gasteiger charge is -2.33. The Morgan fingerprint density at radius 1 is 1.00 bits per heavy atom. The molecule has 1 nitrogen and oxygen atoms in total. The molecule has 2 rings (SSSR count). The first-order chi connectivity index (χ1) is 7.79. The van der Waals surface area contributed by atoms with E-state index in [1.807, 2.05) is 0 Å². The van der Waals surface area contributed by atoms with Crippen LogP contribution in [0.1, 0.15) is 71.1 Å². The summed E-state index contributed by atoms with van der Waals surface area (Å²) >= 11 is 0. The summed E-state index contributed by atoms with van der Waals surface area (Å²) in [5.41, 5.74) is 0. The van der Waals surface area contributed by atoms with Crippen LogP contribution in [0.4, 0.5) is 0 Å². The summed E-state index contributed by atoms with van der Waals surface area (Å²) in [4.78, 5) is 11.7. The average Bonchev–Trinajstić information content (AvgIpc) is 2.54. The van der Waals surface area contributed by atoms with Crippen LogP contribution in [0.3, 0.4) is 0 Å². The maximum atomic E-state index is 11.7. The normalized spacial score (nSPS) is 37.1. The number of Topliss-reactive ketones (excluding diaryl/α,β-unsaturated/α-hetero) is 1. The minimum atomic E-state index is 0.542. The second-order valence-corrected chi connectivity index (χ2v) is 5.94. The van der Waals surface area contributed by atoms with E-state index in [1.54, 1.807) is 0 Å². The van der Waals surface area contributed by atoms with Crippen molar-refractivity contribution in [2.45, 2.75) is 71.1 Å². The highest BCUT2D eigenvalue weighted by molar-refractivity contribution is 5.78. The third-order valence-electron chi connectivity index (χ3n) is 4.91. The molecule has 0 radical (unpaired) electrons. The van der Waals surface area contributed by atoms with Crippen molar-refractivity contribution in [3.05, 3.63) is 0 Å². The van der Waals surface area contributed by atoms with Gasteiger partial charge < -0.3 is 0 Å². The first-order valence-electron chi connectivity index (χ1n) is 7.31. The Balaban J connectivity index is 1.85. The van der Waals surface area contributed by atoms with Gasteiger partial charge in [-0.05, 0) is 43.4 Å². The Morgan fingerprint density at radius 3 is 2.44 bits per heavy atom. The fraction of sp³-hybridized carbons (Fsp3) is 0.933. The quantitative estimate of drug-likeness (QED) is 0.635. The molecule has 0 aromatic heterocycles. The molecule has 0 bridgehead atoms. The molecule has 0 heterocycles. The van der Waals surface area contributed by atoms with E-state index in [-0.39, 0.29) is 0 Å². The second kappa shape index (κ2) is 5.84. The fourth-order valence-corrected chi connectivity index (χ4v) is 3.70. The van der Waals surface area contributed by atoms with E-state index in [4.69, 9.17) is 0 Å². The molecule has 1 unspecified atom stereocenters. The van der Waals surface area contributed by atoms with Crippen molar-refractivity contribution in [3.8, 4) is 0 Å². The highest BCUT2D eigenvalue weighted by Crippen LogP contribution is 2.39. The molecule has 0 aliphatic heterocycles. The molecule has 0 saturated heterocycles. The zero-order valence-electron chi connectivity index (χ0n) is 10.7. The first-order valence-corrected chi connectivity index (χ1v) is 7.31. The highest BCUT2D eigenvalue weighted by atomic mass is 16.1. The van der Waals surface area contributed by atoms with Gasteiger partial charge in [-0.25, -0.2) is 0 Å². The van der Waals surface area contributed by atoms with Gasteiger partial charge in [-0.1, -0.05) is 32.6 Å². The second-order valence-electron chi connectivity index (χ2n) is 5.94. The lowest BCUT2D eigenvalue weighted by Crippen LogP contribution is -2.22. The summed E-state index contributed by atoms with van der Waals surface area (Å²) in [5.74, 6) is 3.15. The summed E-state index contributed by atoms with van der Waals surface area (Å²) in [6.07, 6.45) is 12.5. The van der Waals surface area contributed by atoms with Crippen LogP contribution in [0.25, 0.3) is 0 Å². The Labute approximate surface area is 100.0 Å². The maximum Gasteiger partial charge on any atom is 0.133 e. The van der Waals surface area contributed by atoms with Crippen molar-refractivity contribution in [2.24, 2.45) is 17.8 Å². The topological polar surface area (TPSA) is 17.1 Å². The molecule has 0 amide bonds. The molecule has 1 atom stereocenters.